The fourth-order valence-electron chi connectivity index (χ4n) is 1.81. The zero-order valence-electron chi connectivity index (χ0n) is 9.41. The van der Waals surface area contributed by atoms with E-state index in [-0.39, 0.29) is 5.75 Å². The van der Waals surface area contributed by atoms with E-state index >= 15 is 0 Å². The molecule has 88 valence electrons. The van der Waals surface area contributed by atoms with Crippen LogP contribution in [0.3, 0.4) is 0 Å². The molecule has 1 aromatic heterocycles. The first-order valence-electron chi connectivity index (χ1n) is 5.45. The lowest BCUT2D eigenvalue weighted by molar-refractivity contribution is 0.475. The summed E-state index contributed by atoms with van der Waals surface area (Å²) < 4.78 is 0. The van der Waals surface area contributed by atoms with Crippen LogP contribution in [-0.2, 0) is 0 Å². The molecule has 0 fully saturated rings. The number of nitrogens with zero attached hydrogens (tertiary/aromatic N) is 3. The van der Waals surface area contributed by atoms with Gasteiger partial charge >= 0.3 is 0 Å². The summed E-state index contributed by atoms with van der Waals surface area (Å²) in [5, 5.41) is 18.2. The number of rotatable bonds is 2. The van der Waals surface area contributed by atoms with Gasteiger partial charge < -0.3 is 5.11 Å². The number of benzene rings is 2. The standard InChI is InChI=1S/C13H10N4O/c18-12-6-5-9-3-1-2-4-10(9)11(12)7-14-13-15-8-16-17-13/h1-8,18H,(H,15,16,17)/b14-7+. The van der Waals surface area contributed by atoms with Gasteiger partial charge in [0, 0.05) is 11.8 Å². The van der Waals surface area contributed by atoms with Gasteiger partial charge in [-0.3, -0.25) is 0 Å². The lowest BCUT2D eigenvalue weighted by Crippen LogP contribution is -1.86. The molecule has 2 aromatic carbocycles. The lowest BCUT2D eigenvalue weighted by Gasteiger charge is -2.03. The van der Waals surface area contributed by atoms with Crippen molar-refractivity contribution in [3.63, 3.8) is 0 Å². The van der Waals surface area contributed by atoms with E-state index < -0.39 is 0 Å². The van der Waals surface area contributed by atoms with Crippen LogP contribution in [0.25, 0.3) is 10.8 Å². The normalized spacial score (nSPS) is 11.3. The Morgan fingerprint density at radius 1 is 1.17 bits per heavy atom. The molecule has 3 rings (SSSR count). The van der Waals surface area contributed by atoms with Gasteiger partial charge in [-0.15, -0.1) is 0 Å². The number of phenols is 1. The van der Waals surface area contributed by atoms with Crippen molar-refractivity contribution < 1.29 is 5.11 Å². The van der Waals surface area contributed by atoms with Crippen LogP contribution in [0.15, 0.2) is 47.7 Å². The van der Waals surface area contributed by atoms with Crippen molar-refractivity contribution in [1.82, 2.24) is 15.2 Å². The number of aromatic nitrogens is 3. The van der Waals surface area contributed by atoms with Crippen molar-refractivity contribution in [2.75, 3.05) is 0 Å². The van der Waals surface area contributed by atoms with E-state index in [1.807, 2.05) is 30.3 Å². The Morgan fingerprint density at radius 3 is 2.89 bits per heavy atom. The summed E-state index contributed by atoms with van der Waals surface area (Å²) in [4.78, 5) is 8.03. The molecule has 0 aliphatic rings. The molecule has 5 heteroatoms. The van der Waals surface area contributed by atoms with Crippen LogP contribution in [0.4, 0.5) is 5.95 Å². The summed E-state index contributed by atoms with van der Waals surface area (Å²) >= 11 is 0. The average Bonchev–Trinajstić information content (AvgIpc) is 2.91. The Kier molecular flexibility index (Phi) is 2.49. The zero-order chi connectivity index (χ0) is 12.4. The third kappa shape index (κ3) is 1.82. The first kappa shape index (κ1) is 10.5. The number of H-pyrrole nitrogens is 1. The Bertz CT molecular complexity index is 704. The minimum atomic E-state index is 0.192. The molecule has 5 nitrogen and oxygen atoms in total. The molecule has 0 saturated heterocycles. The Hall–Kier alpha value is -2.69. The molecular weight excluding hydrogens is 228 g/mol. The van der Waals surface area contributed by atoms with Crippen molar-refractivity contribution in [3.8, 4) is 5.75 Å². The van der Waals surface area contributed by atoms with Crippen LogP contribution in [0.5, 0.6) is 5.75 Å². The summed E-state index contributed by atoms with van der Waals surface area (Å²) in [6.07, 6.45) is 2.97. The van der Waals surface area contributed by atoms with Gasteiger partial charge in [-0.2, -0.15) is 10.1 Å². The number of aromatic amines is 1. The highest BCUT2D eigenvalue weighted by Gasteiger charge is 2.04. The molecule has 0 saturated carbocycles. The molecule has 0 bridgehead atoms. The van der Waals surface area contributed by atoms with Gasteiger partial charge in [-0.1, -0.05) is 30.3 Å². The number of nitrogens with one attached hydrogen (secondary N) is 1. The van der Waals surface area contributed by atoms with Gasteiger partial charge in [0.2, 0.25) is 5.95 Å². The second-order valence-corrected chi connectivity index (χ2v) is 3.79. The van der Waals surface area contributed by atoms with E-state index in [1.165, 1.54) is 6.33 Å². The maximum absolute atomic E-state index is 9.90. The predicted molar refractivity (Wildman–Crippen MR) is 69.2 cm³/mol. The van der Waals surface area contributed by atoms with Crippen molar-refractivity contribution in [1.29, 1.82) is 0 Å². The summed E-state index contributed by atoms with van der Waals surface area (Å²) in [5.74, 6) is 0.597. The second-order valence-electron chi connectivity index (χ2n) is 3.79. The van der Waals surface area contributed by atoms with Crippen molar-refractivity contribution in [3.05, 3.63) is 48.3 Å². The highest BCUT2D eigenvalue weighted by molar-refractivity contribution is 6.02. The van der Waals surface area contributed by atoms with E-state index in [4.69, 9.17) is 0 Å². The third-order valence-corrected chi connectivity index (χ3v) is 2.67. The predicted octanol–water partition coefficient (Wildman–Crippen LogP) is 2.41. The quantitative estimate of drug-likeness (QED) is 0.673. The molecular formula is C13H10N4O. The van der Waals surface area contributed by atoms with E-state index in [0.717, 1.165) is 10.8 Å². The van der Waals surface area contributed by atoms with Crippen LogP contribution in [0.2, 0.25) is 0 Å². The van der Waals surface area contributed by atoms with Crippen molar-refractivity contribution >= 4 is 22.9 Å². The first-order valence-corrected chi connectivity index (χ1v) is 5.45. The van der Waals surface area contributed by atoms with Gasteiger partial charge in [0.25, 0.3) is 0 Å². The molecule has 0 radical (unpaired) electrons. The van der Waals surface area contributed by atoms with E-state index in [2.05, 4.69) is 20.2 Å². The Morgan fingerprint density at radius 2 is 2.06 bits per heavy atom. The topological polar surface area (TPSA) is 74.2 Å². The molecule has 0 aliphatic heterocycles. The summed E-state index contributed by atoms with van der Waals surface area (Å²) in [6, 6.07) is 11.3. The SMILES string of the molecule is Oc1ccc2ccccc2c1/C=N/c1ncn[nH]1. The van der Waals surface area contributed by atoms with E-state index in [0.29, 0.717) is 11.5 Å². The molecule has 0 unspecified atom stereocenters. The van der Waals surface area contributed by atoms with Crippen molar-refractivity contribution in [2.24, 2.45) is 4.99 Å². The minimum absolute atomic E-state index is 0.192. The van der Waals surface area contributed by atoms with Gasteiger partial charge in [-0.25, -0.2) is 10.1 Å². The van der Waals surface area contributed by atoms with Crippen LogP contribution in [0.1, 0.15) is 5.56 Å². The Balaban J connectivity index is 2.13. The summed E-state index contributed by atoms with van der Waals surface area (Å²) in [6.45, 7) is 0. The van der Waals surface area contributed by atoms with E-state index in [1.54, 1.807) is 12.3 Å². The number of hydrogen-bond donors (Lipinski definition) is 2. The number of fused-ring (bicyclic) bond motifs is 1. The fraction of sp³-hybridized carbons (Fsp3) is 0. The maximum atomic E-state index is 9.90. The molecule has 18 heavy (non-hydrogen) atoms. The van der Waals surface area contributed by atoms with Crippen molar-refractivity contribution in [2.45, 2.75) is 0 Å². The molecule has 1 heterocycles. The lowest BCUT2D eigenvalue weighted by atomic mass is 10.0. The Labute approximate surface area is 103 Å². The fourth-order valence-corrected chi connectivity index (χ4v) is 1.81. The minimum Gasteiger partial charge on any atom is -0.507 e. The second kappa shape index (κ2) is 4.29. The third-order valence-electron chi connectivity index (χ3n) is 2.67. The van der Waals surface area contributed by atoms with Gasteiger partial charge in [-0.05, 0) is 16.8 Å². The van der Waals surface area contributed by atoms with E-state index in [9.17, 15) is 5.11 Å². The van der Waals surface area contributed by atoms with Gasteiger partial charge in [0.05, 0.1) is 0 Å². The molecule has 0 amide bonds. The molecule has 2 N–H and O–H groups in total. The summed E-state index contributed by atoms with van der Waals surface area (Å²) in [7, 11) is 0. The number of hydrogen-bond acceptors (Lipinski definition) is 4. The average molecular weight is 238 g/mol. The summed E-state index contributed by atoms with van der Waals surface area (Å²) in [5.41, 5.74) is 0.671. The highest BCUT2D eigenvalue weighted by atomic mass is 16.3. The smallest absolute Gasteiger partial charge is 0.245 e. The first-order chi connectivity index (χ1) is 8.84. The van der Waals surface area contributed by atoms with Crippen LogP contribution in [-0.4, -0.2) is 26.5 Å². The largest absolute Gasteiger partial charge is 0.507 e. The molecule has 0 aliphatic carbocycles. The highest BCUT2D eigenvalue weighted by Crippen LogP contribution is 2.25. The van der Waals surface area contributed by atoms with Crippen LogP contribution in [0, 0.1) is 0 Å². The molecule has 0 spiro atoms. The maximum Gasteiger partial charge on any atom is 0.245 e. The van der Waals surface area contributed by atoms with Gasteiger partial charge in [0.1, 0.15) is 12.1 Å². The zero-order valence-corrected chi connectivity index (χ0v) is 9.41. The molecule has 3 aromatic rings. The number of aromatic hydroxyl groups is 1. The van der Waals surface area contributed by atoms with Crippen LogP contribution >= 0.6 is 0 Å². The van der Waals surface area contributed by atoms with Crippen LogP contribution < -0.4 is 0 Å². The monoisotopic (exact) mass is 238 g/mol. The molecule has 0 atom stereocenters. The number of aliphatic imine (C=N–C) groups is 1. The number of phenolic OH excluding ortho intramolecular Hbond substituents is 1. The van der Waals surface area contributed by atoms with Gasteiger partial charge in [0.15, 0.2) is 0 Å².